The van der Waals surface area contributed by atoms with Crippen LogP contribution in [0, 0.1) is 0 Å². The molecule has 11 heteroatoms. The highest BCUT2D eigenvalue weighted by Crippen LogP contribution is 2.30. The topological polar surface area (TPSA) is 70.6 Å². The number of benzene rings is 1. The van der Waals surface area contributed by atoms with Crippen molar-refractivity contribution < 1.29 is 26.4 Å². The number of hydrogen-bond donors (Lipinski definition) is 0. The molecule has 2 heterocycles. The molecular formula is C18H17BrF3N3O3S. The van der Waals surface area contributed by atoms with Crippen LogP contribution in [0.25, 0.3) is 0 Å². The quantitative estimate of drug-likeness (QED) is 0.659. The number of halogens is 4. The van der Waals surface area contributed by atoms with Crippen molar-refractivity contribution in [3.05, 3.63) is 58.3 Å². The van der Waals surface area contributed by atoms with Gasteiger partial charge in [-0.1, -0.05) is 0 Å². The minimum atomic E-state index is -4.54. The van der Waals surface area contributed by atoms with Gasteiger partial charge in [0.15, 0.2) is 0 Å². The first-order chi connectivity index (χ1) is 13.5. The zero-order chi connectivity index (χ0) is 21.4. The van der Waals surface area contributed by atoms with E-state index in [4.69, 9.17) is 0 Å². The summed E-state index contributed by atoms with van der Waals surface area (Å²) in [6.07, 6.45) is -1.55. The molecule has 1 aromatic carbocycles. The molecule has 1 aliphatic rings. The second-order valence-electron chi connectivity index (χ2n) is 6.62. The fourth-order valence-electron chi connectivity index (χ4n) is 3.10. The standard InChI is InChI=1S/C18H17BrF3N3O3S/c1-12-11-24(6-7-25(12)17(26)13-8-15(19)10-23-9-13)29(27,28)16-4-2-14(3-5-16)18(20,21)22/h2-5,8-10,12H,6-7,11H2,1H3. The largest absolute Gasteiger partial charge is 0.416 e. The van der Waals surface area contributed by atoms with Gasteiger partial charge in [0.25, 0.3) is 5.91 Å². The van der Waals surface area contributed by atoms with Gasteiger partial charge in [-0.15, -0.1) is 0 Å². The van der Waals surface area contributed by atoms with E-state index in [-0.39, 0.29) is 30.4 Å². The lowest BCUT2D eigenvalue weighted by atomic mass is 10.1. The average Bonchev–Trinajstić information content (AvgIpc) is 2.67. The van der Waals surface area contributed by atoms with Gasteiger partial charge in [0.05, 0.1) is 16.0 Å². The van der Waals surface area contributed by atoms with Crippen LogP contribution in [0.1, 0.15) is 22.8 Å². The Kier molecular flexibility index (Phi) is 6.02. The molecule has 1 atom stereocenters. The Morgan fingerprint density at radius 3 is 2.38 bits per heavy atom. The third kappa shape index (κ3) is 4.62. The first kappa shape index (κ1) is 21.7. The fraction of sp³-hybridized carbons (Fsp3) is 0.333. The van der Waals surface area contributed by atoms with Gasteiger partial charge >= 0.3 is 6.18 Å². The van der Waals surface area contributed by atoms with E-state index in [9.17, 15) is 26.4 Å². The molecule has 1 unspecified atom stereocenters. The molecule has 6 nitrogen and oxygen atoms in total. The van der Waals surface area contributed by atoms with Crippen molar-refractivity contribution in [2.75, 3.05) is 19.6 Å². The van der Waals surface area contributed by atoms with Crippen LogP contribution in [0.15, 0.2) is 52.1 Å². The van der Waals surface area contributed by atoms with Crippen molar-refractivity contribution in [1.82, 2.24) is 14.2 Å². The molecule has 1 aromatic heterocycles. The number of aromatic nitrogens is 1. The highest BCUT2D eigenvalue weighted by Gasteiger charge is 2.35. The van der Waals surface area contributed by atoms with Gasteiger partial charge in [0.2, 0.25) is 10.0 Å². The third-order valence-corrected chi connectivity index (χ3v) is 6.94. The van der Waals surface area contributed by atoms with Crippen molar-refractivity contribution in [3.63, 3.8) is 0 Å². The zero-order valence-electron chi connectivity index (χ0n) is 15.2. The molecule has 29 heavy (non-hydrogen) atoms. The minimum absolute atomic E-state index is 0.0382. The van der Waals surface area contributed by atoms with E-state index in [1.807, 2.05) is 0 Å². The Balaban J connectivity index is 1.75. The number of rotatable bonds is 3. The van der Waals surface area contributed by atoms with E-state index < -0.39 is 27.8 Å². The number of alkyl halides is 3. The molecule has 0 bridgehead atoms. The van der Waals surface area contributed by atoms with Gasteiger partial charge in [-0.25, -0.2) is 8.42 Å². The predicted molar refractivity (Wildman–Crippen MR) is 103 cm³/mol. The molecule has 3 rings (SSSR count). The van der Waals surface area contributed by atoms with Crippen molar-refractivity contribution in [2.45, 2.75) is 24.0 Å². The second kappa shape index (κ2) is 8.04. The predicted octanol–water partition coefficient (Wildman–Crippen LogP) is 3.40. The summed E-state index contributed by atoms with van der Waals surface area (Å²) in [5.41, 5.74) is -0.534. The van der Waals surface area contributed by atoms with Gasteiger partial charge < -0.3 is 4.90 Å². The number of carbonyl (C=O) groups excluding carboxylic acids is 1. The number of amides is 1. The maximum Gasteiger partial charge on any atom is 0.416 e. The van der Waals surface area contributed by atoms with Crippen LogP contribution in [0.4, 0.5) is 13.2 Å². The van der Waals surface area contributed by atoms with Crippen LogP contribution in [-0.2, 0) is 16.2 Å². The van der Waals surface area contributed by atoms with Gasteiger partial charge in [-0.2, -0.15) is 17.5 Å². The van der Waals surface area contributed by atoms with Gasteiger partial charge in [0.1, 0.15) is 0 Å². The van der Waals surface area contributed by atoms with Crippen molar-refractivity contribution in [1.29, 1.82) is 0 Å². The SMILES string of the molecule is CC1CN(S(=O)(=O)c2ccc(C(F)(F)F)cc2)CCN1C(=O)c1cncc(Br)c1. The summed E-state index contributed by atoms with van der Waals surface area (Å²) in [4.78, 5) is 18.0. The fourth-order valence-corrected chi connectivity index (χ4v) is 4.98. The normalized spacial score (nSPS) is 18.7. The monoisotopic (exact) mass is 491 g/mol. The lowest BCUT2D eigenvalue weighted by molar-refractivity contribution is -0.137. The van der Waals surface area contributed by atoms with E-state index in [1.54, 1.807) is 24.1 Å². The number of nitrogens with zero attached hydrogens (tertiary/aromatic N) is 3. The van der Waals surface area contributed by atoms with E-state index >= 15 is 0 Å². The van der Waals surface area contributed by atoms with Gasteiger partial charge in [-0.3, -0.25) is 9.78 Å². The van der Waals surface area contributed by atoms with Crippen LogP contribution in [0.2, 0.25) is 0 Å². The van der Waals surface area contributed by atoms with E-state index in [0.29, 0.717) is 10.0 Å². The van der Waals surface area contributed by atoms with Crippen molar-refractivity contribution >= 4 is 31.9 Å². The zero-order valence-corrected chi connectivity index (χ0v) is 17.6. The molecule has 1 amide bonds. The molecule has 1 saturated heterocycles. The first-order valence-electron chi connectivity index (χ1n) is 8.59. The van der Waals surface area contributed by atoms with Crippen LogP contribution in [-0.4, -0.2) is 54.2 Å². The van der Waals surface area contributed by atoms with Crippen LogP contribution >= 0.6 is 15.9 Å². The molecular weight excluding hydrogens is 475 g/mol. The van der Waals surface area contributed by atoms with Crippen LogP contribution in [0.5, 0.6) is 0 Å². The summed E-state index contributed by atoms with van der Waals surface area (Å²) in [5, 5.41) is 0. The average molecular weight is 492 g/mol. The lowest BCUT2D eigenvalue weighted by Crippen LogP contribution is -2.55. The Labute approximate surface area is 174 Å². The second-order valence-corrected chi connectivity index (χ2v) is 9.48. The Bertz CT molecular complexity index is 1010. The summed E-state index contributed by atoms with van der Waals surface area (Å²) >= 11 is 3.26. The minimum Gasteiger partial charge on any atom is -0.333 e. The number of piperazine rings is 1. The Hall–Kier alpha value is -1.98. The molecule has 0 aliphatic carbocycles. The number of sulfonamides is 1. The van der Waals surface area contributed by atoms with Crippen LogP contribution in [0.3, 0.4) is 0 Å². The summed E-state index contributed by atoms with van der Waals surface area (Å²) in [7, 11) is -3.97. The van der Waals surface area contributed by atoms with E-state index in [2.05, 4.69) is 20.9 Å². The smallest absolute Gasteiger partial charge is 0.333 e. The summed E-state index contributed by atoms with van der Waals surface area (Å²) in [6.45, 7) is 1.96. The Morgan fingerprint density at radius 1 is 1.17 bits per heavy atom. The summed E-state index contributed by atoms with van der Waals surface area (Å²) in [6, 6.07) is 4.61. The molecule has 0 spiro atoms. The molecule has 1 fully saturated rings. The summed E-state index contributed by atoms with van der Waals surface area (Å²) in [5.74, 6) is -0.266. The maximum absolute atomic E-state index is 12.8. The molecule has 1 aliphatic heterocycles. The van der Waals surface area contributed by atoms with Gasteiger partial charge in [0, 0.05) is 42.5 Å². The molecule has 0 radical (unpaired) electrons. The first-order valence-corrected chi connectivity index (χ1v) is 10.8. The number of pyridine rings is 1. The number of hydrogen-bond acceptors (Lipinski definition) is 4. The highest BCUT2D eigenvalue weighted by atomic mass is 79.9. The molecule has 2 aromatic rings. The van der Waals surface area contributed by atoms with E-state index in [1.165, 1.54) is 10.5 Å². The van der Waals surface area contributed by atoms with Crippen molar-refractivity contribution in [3.8, 4) is 0 Å². The summed E-state index contributed by atoms with van der Waals surface area (Å²) < 4.78 is 65.6. The molecule has 0 N–H and O–H groups in total. The van der Waals surface area contributed by atoms with E-state index in [0.717, 1.165) is 24.3 Å². The Morgan fingerprint density at radius 2 is 1.83 bits per heavy atom. The van der Waals surface area contributed by atoms with Crippen LogP contribution < -0.4 is 0 Å². The lowest BCUT2D eigenvalue weighted by Gasteiger charge is -2.39. The third-order valence-electron chi connectivity index (χ3n) is 4.62. The number of carbonyl (C=O) groups is 1. The van der Waals surface area contributed by atoms with Gasteiger partial charge in [-0.05, 0) is 53.2 Å². The highest BCUT2D eigenvalue weighted by molar-refractivity contribution is 9.10. The molecule has 0 saturated carbocycles. The maximum atomic E-state index is 12.8. The van der Waals surface area contributed by atoms with Crippen molar-refractivity contribution in [2.24, 2.45) is 0 Å². The molecule has 156 valence electrons.